The van der Waals surface area contributed by atoms with Crippen molar-refractivity contribution in [3.8, 4) is 6.01 Å². The zero-order chi connectivity index (χ0) is 22.4. The fraction of sp³-hybridized carbons (Fsp3) is 0.192. The Hall–Kier alpha value is -2.90. The van der Waals surface area contributed by atoms with Crippen molar-refractivity contribution < 1.29 is 4.74 Å². The maximum Gasteiger partial charge on any atom is 0.317 e. The van der Waals surface area contributed by atoms with Crippen molar-refractivity contribution in [3.05, 3.63) is 89.2 Å². The molecule has 2 aromatic carbocycles. The van der Waals surface area contributed by atoms with Gasteiger partial charge in [-0.05, 0) is 48.6 Å². The summed E-state index contributed by atoms with van der Waals surface area (Å²) < 4.78 is 5.86. The molecule has 1 heterocycles. The molecule has 0 aliphatic heterocycles. The first kappa shape index (κ1) is 26.4. The molecule has 0 aliphatic rings. The second kappa shape index (κ2) is 15.0. The van der Waals surface area contributed by atoms with E-state index in [-0.39, 0.29) is 22.1 Å². The van der Waals surface area contributed by atoms with E-state index in [0.29, 0.717) is 12.6 Å². The van der Waals surface area contributed by atoms with E-state index in [4.69, 9.17) is 15.9 Å². The van der Waals surface area contributed by atoms with Gasteiger partial charge >= 0.3 is 6.01 Å². The highest BCUT2D eigenvalue weighted by atomic mass is 79.9. The number of aromatic nitrogens is 2. The molecule has 3 aromatic rings. The molecule has 0 saturated heterocycles. The van der Waals surface area contributed by atoms with Crippen LogP contribution in [-0.2, 0) is 0 Å². The van der Waals surface area contributed by atoms with Gasteiger partial charge in [-0.25, -0.2) is 0 Å². The first-order valence-electron chi connectivity index (χ1n) is 10.6. The molecule has 33 heavy (non-hydrogen) atoms. The van der Waals surface area contributed by atoms with Gasteiger partial charge in [0.05, 0.1) is 18.0 Å². The topological polar surface area (TPSA) is 84.9 Å². The average Bonchev–Trinajstić information content (AvgIpc) is 2.82. The van der Waals surface area contributed by atoms with Crippen LogP contribution in [-0.4, -0.2) is 27.5 Å². The van der Waals surface area contributed by atoms with Crippen LogP contribution in [0.1, 0.15) is 41.8 Å². The summed E-state index contributed by atoms with van der Waals surface area (Å²) in [4.78, 5) is 9.12. The minimum absolute atomic E-state index is 0. The van der Waals surface area contributed by atoms with Gasteiger partial charge in [0.25, 0.3) is 0 Å². The maximum atomic E-state index is 7.23. The number of ether oxygens (including phenoxy) is 1. The van der Waals surface area contributed by atoms with Crippen LogP contribution < -0.4 is 10.5 Å². The fourth-order valence-electron chi connectivity index (χ4n) is 2.92. The highest BCUT2D eigenvalue weighted by Crippen LogP contribution is 2.15. The third-order valence-electron chi connectivity index (χ3n) is 4.51. The molecule has 3 rings (SSSR count). The zero-order valence-corrected chi connectivity index (χ0v) is 20.9. The molecule has 172 valence electrons. The molecular formula is C26H29BrN4OS. The van der Waals surface area contributed by atoms with Gasteiger partial charge in [-0.15, -0.1) is 17.0 Å². The van der Waals surface area contributed by atoms with E-state index in [2.05, 4.69) is 34.2 Å². The molecule has 5 nitrogen and oxygen atoms in total. The summed E-state index contributed by atoms with van der Waals surface area (Å²) in [6.45, 7) is 0.554. The molecule has 1 aromatic heterocycles. The van der Waals surface area contributed by atoms with E-state index >= 15 is 0 Å². The Balaban J connectivity index is 0.00000385. The molecule has 0 fully saturated rings. The average molecular weight is 526 g/mol. The number of halogens is 1. The lowest BCUT2D eigenvalue weighted by molar-refractivity contribution is 0.282. The first-order chi connectivity index (χ1) is 15.7. The van der Waals surface area contributed by atoms with Crippen molar-refractivity contribution in [1.82, 2.24) is 9.97 Å². The van der Waals surface area contributed by atoms with Crippen molar-refractivity contribution in [2.24, 2.45) is 5.73 Å². The lowest BCUT2D eigenvalue weighted by Gasteiger charge is -2.07. The molecule has 0 spiro atoms. The van der Waals surface area contributed by atoms with Crippen LogP contribution in [0.3, 0.4) is 0 Å². The number of hydrogen-bond donors (Lipinski definition) is 2. The molecule has 0 bridgehead atoms. The molecular weight excluding hydrogens is 496 g/mol. The van der Waals surface area contributed by atoms with E-state index in [9.17, 15) is 0 Å². The number of unbranched alkanes of at least 4 members (excludes halogenated alkanes) is 2. The van der Waals surface area contributed by atoms with Gasteiger partial charge in [-0.1, -0.05) is 84.6 Å². The molecule has 0 aliphatic carbocycles. The highest BCUT2D eigenvalue weighted by Gasteiger charge is 2.03. The van der Waals surface area contributed by atoms with E-state index < -0.39 is 0 Å². The second-order valence-electron chi connectivity index (χ2n) is 7.11. The van der Waals surface area contributed by atoms with Crippen LogP contribution in [0.5, 0.6) is 6.01 Å². The van der Waals surface area contributed by atoms with Crippen molar-refractivity contribution >= 4 is 58.2 Å². The number of rotatable bonds is 11. The third kappa shape index (κ3) is 10.5. The fourth-order valence-corrected chi connectivity index (χ4v) is 3.48. The Kier molecular flexibility index (Phi) is 12.0. The number of nitrogens with zero attached hydrogens (tertiary/aromatic N) is 2. The summed E-state index contributed by atoms with van der Waals surface area (Å²) in [5.41, 5.74) is 9.17. The highest BCUT2D eigenvalue weighted by molar-refractivity contribution is 8.93. The van der Waals surface area contributed by atoms with Crippen LogP contribution in [0.4, 0.5) is 0 Å². The number of amidine groups is 1. The van der Waals surface area contributed by atoms with Crippen LogP contribution in [0.2, 0.25) is 0 Å². The van der Waals surface area contributed by atoms with Gasteiger partial charge in [0, 0.05) is 5.75 Å². The molecule has 0 saturated carbocycles. The Labute approximate surface area is 210 Å². The summed E-state index contributed by atoms with van der Waals surface area (Å²) in [5, 5.41) is 7.40. The second-order valence-corrected chi connectivity index (χ2v) is 8.25. The van der Waals surface area contributed by atoms with Crippen molar-refractivity contribution in [2.75, 3.05) is 12.4 Å². The van der Waals surface area contributed by atoms with Gasteiger partial charge in [-0.2, -0.15) is 9.97 Å². The first-order valence-corrected chi connectivity index (χ1v) is 11.6. The van der Waals surface area contributed by atoms with Crippen molar-refractivity contribution in [3.63, 3.8) is 0 Å². The maximum absolute atomic E-state index is 7.23. The van der Waals surface area contributed by atoms with E-state index in [0.717, 1.165) is 47.5 Å². The molecule has 0 unspecified atom stereocenters. The van der Waals surface area contributed by atoms with Crippen LogP contribution >= 0.6 is 28.7 Å². The van der Waals surface area contributed by atoms with Gasteiger partial charge < -0.3 is 10.5 Å². The van der Waals surface area contributed by atoms with Crippen LogP contribution in [0, 0.1) is 5.41 Å². The van der Waals surface area contributed by atoms with Crippen LogP contribution in [0.25, 0.3) is 24.3 Å². The smallest absolute Gasteiger partial charge is 0.317 e. The summed E-state index contributed by atoms with van der Waals surface area (Å²) in [6.07, 6.45) is 10.9. The van der Waals surface area contributed by atoms with Gasteiger partial charge in [0.2, 0.25) is 0 Å². The predicted octanol–water partition coefficient (Wildman–Crippen LogP) is 6.57. The predicted molar refractivity (Wildman–Crippen MR) is 147 cm³/mol. The SMILES string of the molecule is Br.N=C(N)SCCCCCOc1nc(/C=C/c2ccccc2)cc(/C=C/c2ccccc2)n1. The zero-order valence-electron chi connectivity index (χ0n) is 18.4. The summed E-state index contributed by atoms with van der Waals surface area (Å²) in [5.74, 6) is 0.861. The Bertz CT molecular complexity index is 975. The number of hydrogen-bond acceptors (Lipinski definition) is 5. The minimum Gasteiger partial charge on any atom is -0.463 e. The van der Waals surface area contributed by atoms with Gasteiger partial charge in [0.15, 0.2) is 5.17 Å². The van der Waals surface area contributed by atoms with E-state index in [1.165, 1.54) is 11.8 Å². The molecule has 0 amide bonds. The molecule has 0 radical (unpaired) electrons. The van der Waals surface area contributed by atoms with Gasteiger partial charge in [0.1, 0.15) is 0 Å². The van der Waals surface area contributed by atoms with Crippen molar-refractivity contribution in [2.45, 2.75) is 19.3 Å². The monoisotopic (exact) mass is 524 g/mol. The molecule has 7 heteroatoms. The largest absolute Gasteiger partial charge is 0.463 e. The standard InChI is InChI=1S/C26H28N4OS.BrH/c27-25(28)32-19-9-3-8-18-31-26-29-23(16-14-21-10-4-1-5-11-21)20-24(30-26)17-15-22-12-6-2-7-13-22;/h1-2,4-7,10-17,20H,3,8-9,18-19H2,(H3,27,28);1H/b16-14+,17-15+;. The lowest BCUT2D eigenvalue weighted by Crippen LogP contribution is -2.05. The third-order valence-corrected chi connectivity index (χ3v) is 5.32. The Morgan fingerprint density at radius 3 is 1.88 bits per heavy atom. The van der Waals surface area contributed by atoms with E-state index in [1.54, 1.807) is 0 Å². The lowest BCUT2D eigenvalue weighted by atomic mass is 10.2. The number of thioether (sulfide) groups is 1. The van der Waals surface area contributed by atoms with Crippen molar-refractivity contribution in [1.29, 1.82) is 5.41 Å². The normalized spacial score (nSPS) is 10.9. The quantitative estimate of drug-likeness (QED) is 0.168. The summed E-state index contributed by atoms with van der Waals surface area (Å²) >= 11 is 1.38. The Morgan fingerprint density at radius 2 is 1.36 bits per heavy atom. The molecule has 0 atom stereocenters. The summed E-state index contributed by atoms with van der Waals surface area (Å²) in [6, 6.07) is 22.6. The number of nitrogens with one attached hydrogen (secondary N) is 1. The summed E-state index contributed by atoms with van der Waals surface area (Å²) in [7, 11) is 0. The van der Waals surface area contributed by atoms with Gasteiger partial charge in [-0.3, -0.25) is 5.41 Å². The Morgan fingerprint density at radius 1 is 0.818 bits per heavy atom. The minimum atomic E-state index is 0. The van der Waals surface area contributed by atoms with E-state index in [1.807, 2.05) is 66.8 Å². The van der Waals surface area contributed by atoms with Crippen LogP contribution in [0.15, 0.2) is 66.7 Å². The number of benzene rings is 2. The molecule has 3 N–H and O–H groups in total. The number of nitrogens with two attached hydrogens (primary N) is 1.